The van der Waals surface area contributed by atoms with Crippen LogP contribution in [0, 0.1) is 6.92 Å². The van der Waals surface area contributed by atoms with Gasteiger partial charge >= 0.3 is 0 Å². The molecule has 0 spiro atoms. The quantitative estimate of drug-likeness (QED) is 0.571. The largest absolute Gasteiger partial charge is 0.493 e. The van der Waals surface area contributed by atoms with Gasteiger partial charge in [-0.05, 0) is 43.7 Å². The Balaban J connectivity index is 1.73. The van der Waals surface area contributed by atoms with Crippen LogP contribution in [0.4, 0.5) is 0 Å². The number of hydrogen-bond donors (Lipinski definition) is 0. The summed E-state index contributed by atoms with van der Waals surface area (Å²) in [6, 6.07) is 12.9. The van der Waals surface area contributed by atoms with E-state index in [2.05, 4.69) is 4.98 Å². The minimum Gasteiger partial charge on any atom is -0.493 e. The average Bonchev–Trinajstić information content (AvgIpc) is 2.76. The number of fused-ring (bicyclic) bond motifs is 1. The molecule has 7 nitrogen and oxygen atoms in total. The minimum atomic E-state index is -0.117. The van der Waals surface area contributed by atoms with Crippen LogP contribution in [-0.4, -0.2) is 41.1 Å². The number of carbonyl (C=O) groups excluding carboxylic acids is 1. The van der Waals surface area contributed by atoms with Crippen molar-refractivity contribution in [1.82, 2.24) is 14.5 Å². The van der Waals surface area contributed by atoms with Gasteiger partial charge in [0.15, 0.2) is 11.5 Å². The fourth-order valence-electron chi connectivity index (χ4n) is 3.48. The van der Waals surface area contributed by atoms with Gasteiger partial charge in [-0.1, -0.05) is 18.2 Å². The second-order valence-corrected chi connectivity index (χ2v) is 6.98. The molecule has 0 saturated carbocycles. The number of benzene rings is 2. The number of ether oxygens (including phenoxy) is 2. The third-order valence-electron chi connectivity index (χ3n) is 5.16. The van der Waals surface area contributed by atoms with Crippen molar-refractivity contribution in [3.05, 3.63) is 64.2 Å². The van der Waals surface area contributed by atoms with Crippen molar-refractivity contribution < 1.29 is 14.3 Å². The molecule has 30 heavy (non-hydrogen) atoms. The van der Waals surface area contributed by atoms with Gasteiger partial charge in [0, 0.05) is 26.1 Å². The molecule has 0 bridgehead atoms. The summed E-state index contributed by atoms with van der Waals surface area (Å²) in [7, 11) is 3.17. The third kappa shape index (κ3) is 4.45. The fraction of sp³-hybridized carbons (Fsp3) is 0.348. The fourth-order valence-corrected chi connectivity index (χ4v) is 3.48. The predicted octanol–water partition coefficient (Wildman–Crippen LogP) is 3.16. The van der Waals surface area contributed by atoms with E-state index in [4.69, 9.17) is 9.47 Å². The lowest BCUT2D eigenvalue weighted by molar-refractivity contribution is -0.131. The molecule has 0 aliphatic carbocycles. The number of methoxy groups -OCH3 is 2. The van der Waals surface area contributed by atoms with Gasteiger partial charge in [0.2, 0.25) is 5.91 Å². The molecule has 0 radical (unpaired) electrons. The van der Waals surface area contributed by atoms with Gasteiger partial charge in [-0.3, -0.25) is 14.2 Å². The highest BCUT2D eigenvalue weighted by Gasteiger charge is 2.15. The van der Waals surface area contributed by atoms with Crippen LogP contribution >= 0.6 is 0 Å². The Hall–Kier alpha value is -3.35. The van der Waals surface area contributed by atoms with Crippen LogP contribution in [0.2, 0.25) is 0 Å². The molecule has 0 saturated heterocycles. The molecule has 0 N–H and O–H groups in total. The van der Waals surface area contributed by atoms with Crippen LogP contribution in [0.3, 0.4) is 0 Å². The third-order valence-corrected chi connectivity index (χ3v) is 5.16. The molecule has 1 amide bonds. The van der Waals surface area contributed by atoms with E-state index in [9.17, 15) is 9.59 Å². The van der Waals surface area contributed by atoms with Crippen molar-refractivity contribution in [3.63, 3.8) is 0 Å². The summed E-state index contributed by atoms with van der Waals surface area (Å²) in [6.07, 6.45) is 0.224. The lowest BCUT2D eigenvalue weighted by Gasteiger charge is -2.22. The van der Waals surface area contributed by atoms with E-state index < -0.39 is 0 Å². The smallest absolute Gasteiger partial charge is 0.261 e. The Bertz CT molecular complexity index is 1110. The number of amides is 1. The van der Waals surface area contributed by atoms with Crippen molar-refractivity contribution in [2.45, 2.75) is 33.4 Å². The Morgan fingerprint density at radius 3 is 2.53 bits per heavy atom. The van der Waals surface area contributed by atoms with Crippen LogP contribution in [0.15, 0.2) is 47.3 Å². The van der Waals surface area contributed by atoms with Gasteiger partial charge in [-0.2, -0.15) is 0 Å². The number of nitrogens with zero attached hydrogens (tertiary/aromatic N) is 3. The number of para-hydroxylation sites is 1. The van der Waals surface area contributed by atoms with E-state index in [0.717, 1.165) is 5.56 Å². The number of carbonyl (C=O) groups is 1. The molecule has 3 aromatic rings. The second-order valence-electron chi connectivity index (χ2n) is 6.98. The molecule has 0 atom stereocenters. The van der Waals surface area contributed by atoms with Crippen LogP contribution in [0.5, 0.6) is 11.5 Å². The summed E-state index contributed by atoms with van der Waals surface area (Å²) >= 11 is 0. The Morgan fingerprint density at radius 2 is 1.83 bits per heavy atom. The molecule has 3 rings (SSSR count). The van der Waals surface area contributed by atoms with Gasteiger partial charge < -0.3 is 14.4 Å². The number of rotatable bonds is 8. The summed E-state index contributed by atoms with van der Waals surface area (Å²) in [5, 5.41) is 0.563. The van der Waals surface area contributed by atoms with Gasteiger partial charge in [0.1, 0.15) is 5.82 Å². The molecule has 1 aromatic heterocycles. The molecule has 0 aliphatic rings. The molecule has 0 unspecified atom stereocenters. The first-order chi connectivity index (χ1) is 14.5. The molecule has 0 fully saturated rings. The molecule has 158 valence electrons. The SMILES string of the molecule is CCN(Cc1ccc(OC)c(OC)c1)C(=O)CCn1c(C)nc2ccccc2c1=O. The molecule has 7 heteroatoms. The van der Waals surface area contributed by atoms with Crippen molar-refractivity contribution >= 4 is 16.8 Å². The molecule has 0 aliphatic heterocycles. The van der Waals surface area contributed by atoms with Gasteiger partial charge in [-0.15, -0.1) is 0 Å². The van der Waals surface area contributed by atoms with Gasteiger partial charge in [0.25, 0.3) is 5.56 Å². The van der Waals surface area contributed by atoms with Crippen LogP contribution in [0.1, 0.15) is 24.7 Å². The van der Waals surface area contributed by atoms with Crippen molar-refractivity contribution in [2.75, 3.05) is 20.8 Å². The first-order valence-electron chi connectivity index (χ1n) is 9.93. The van der Waals surface area contributed by atoms with Crippen LogP contribution in [0.25, 0.3) is 10.9 Å². The lowest BCUT2D eigenvalue weighted by Crippen LogP contribution is -2.33. The molecule has 2 aromatic carbocycles. The lowest BCUT2D eigenvalue weighted by atomic mass is 10.1. The molecular weight excluding hydrogens is 382 g/mol. The van der Waals surface area contributed by atoms with Gasteiger partial charge in [-0.25, -0.2) is 4.98 Å². The summed E-state index contributed by atoms with van der Waals surface area (Å²) in [5.74, 6) is 1.86. The van der Waals surface area contributed by atoms with Crippen molar-refractivity contribution in [2.24, 2.45) is 0 Å². The van der Waals surface area contributed by atoms with E-state index in [1.807, 2.05) is 43.3 Å². The average molecular weight is 409 g/mol. The Labute approximate surface area is 175 Å². The highest BCUT2D eigenvalue weighted by atomic mass is 16.5. The van der Waals surface area contributed by atoms with Gasteiger partial charge in [0.05, 0.1) is 25.1 Å². The summed E-state index contributed by atoms with van der Waals surface area (Å²) in [4.78, 5) is 31.9. The maximum Gasteiger partial charge on any atom is 0.261 e. The summed E-state index contributed by atoms with van der Waals surface area (Å²) in [5.41, 5.74) is 1.50. The standard InChI is InChI=1S/C23H27N3O4/c1-5-25(15-17-10-11-20(29-3)21(14-17)30-4)22(27)12-13-26-16(2)24-19-9-7-6-8-18(19)23(26)28/h6-11,14H,5,12-13,15H2,1-4H3. The highest BCUT2D eigenvalue weighted by Crippen LogP contribution is 2.28. The van der Waals surface area contributed by atoms with E-state index in [1.54, 1.807) is 36.7 Å². The number of aromatic nitrogens is 2. The van der Waals surface area contributed by atoms with Crippen molar-refractivity contribution in [3.8, 4) is 11.5 Å². The van der Waals surface area contributed by atoms with E-state index >= 15 is 0 Å². The maximum atomic E-state index is 12.8. The first kappa shape index (κ1) is 21.4. The van der Waals surface area contributed by atoms with Crippen molar-refractivity contribution in [1.29, 1.82) is 0 Å². The summed E-state index contributed by atoms with van der Waals surface area (Å²) < 4.78 is 12.2. The Kier molecular flexibility index (Phi) is 6.72. The zero-order valence-electron chi connectivity index (χ0n) is 17.8. The zero-order chi connectivity index (χ0) is 21.7. The predicted molar refractivity (Wildman–Crippen MR) is 116 cm³/mol. The Morgan fingerprint density at radius 1 is 1.10 bits per heavy atom. The van der Waals surface area contributed by atoms with E-state index in [-0.39, 0.29) is 17.9 Å². The first-order valence-corrected chi connectivity index (χ1v) is 9.93. The second kappa shape index (κ2) is 9.43. The highest BCUT2D eigenvalue weighted by molar-refractivity contribution is 5.78. The monoisotopic (exact) mass is 409 g/mol. The number of hydrogen-bond acceptors (Lipinski definition) is 5. The van der Waals surface area contributed by atoms with E-state index in [0.29, 0.717) is 47.9 Å². The topological polar surface area (TPSA) is 73.7 Å². The molecular formula is C23H27N3O4. The molecule has 1 heterocycles. The zero-order valence-corrected chi connectivity index (χ0v) is 17.8. The number of aryl methyl sites for hydroxylation is 1. The van der Waals surface area contributed by atoms with Crippen LogP contribution in [-0.2, 0) is 17.9 Å². The maximum absolute atomic E-state index is 12.8. The minimum absolute atomic E-state index is 0.0215. The van der Waals surface area contributed by atoms with Crippen LogP contribution < -0.4 is 15.0 Å². The summed E-state index contributed by atoms with van der Waals surface area (Å²) in [6.45, 7) is 5.05. The normalized spacial score (nSPS) is 10.8. The van der Waals surface area contributed by atoms with E-state index in [1.165, 1.54) is 0 Å².